The van der Waals surface area contributed by atoms with Gasteiger partial charge in [0.1, 0.15) is 0 Å². The standard InChI is InChI=1S/C7H11N5O/c8-1-2-11-7-5(6(9)13)10-3-4-12-7/h3-4H,1-2,8H2,(H2,9,13)(H,11,12). The average Bonchev–Trinajstić information content (AvgIpc) is 2.15. The van der Waals surface area contributed by atoms with Gasteiger partial charge in [0, 0.05) is 25.5 Å². The van der Waals surface area contributed by atoms with Crippen molar-refractivity contribution in [3.63, 3.8) is 0 Å². The van der Waals surface area contributed by atoms with E-state index in [1.54, 1.807) is 0 Å². The molecule has 0 radical (unpaired) electrons. The third kappa shape index (κ3) is 2.38. The van der Waals surface area contributed by atoms with Gasteiger partial charge in [-0.25, -0.2) is 9.97 Å². The summed E-state index contributed by atoms with van der Waals surface area (Å²) in [6, 6.07) is 0. The van der Waals surface area contributed by atoms with Gasteiger partial charge >= 0.3 is 0 Å². The molecule has 0 aliphatic rings. The number of nitrogens with two attached hydrogens (primary N) is 2. The Morgan fingerprint density at radius 1 is 1.46 bits per heavy atom. The lowest BCUT2D eigenvalue weighted by molar-refractivity contribution is 0.0996. The van der Waals surface area contributed by atoms with Crippen molar-refractivity contribution < 1.29 is 4.79 Å². The molecule has 13 heavy (non-hydrogen) atoms. The molecule has 0 saturated carbocycles. The van der Waals surface area contributed by atoms with Gasteiger partial charge in [-0.2, -0.15) is 0 Å². The molecule has 6 nitrogen and oxygen atoms in total. The molecular weight excluding hydrogens is 170 g/mol. The summed E-state index contributed by atoms with van der Waals surface area (Å²) in [5.41, 5.74) is 10.5. The predicted octanol–water partition coefficient (Wildman–Crippen LogP) is -1.05. The molecule has 1 heterocycles. The zero-order valence-electron chi connectivity index (χ0n) is 7.03. The van der Waals surface area contributed by atoms with E-state index in [2.05, 4.69) is 15.3 Å². The zero-order chi connectivity index (χ0) is 9.68. The van der Waals surface area contributed by atoms with Crippen molar-refractivity contribution >= 4 is 11.7 Å². The summed E-state index contributed by atoms with van der Waals surface area (Å²) in [5.74, 6) is -0.229. The second kappa shape index (κ2) is 4.36. The lowest BCUT2D eigenvalue weighted by Crippen LogP contribution is -2.20. The molecule has 0 aliphatic carbocycles. The van der Waals surface area contributed by atoms with E-state index in [0.29, 0.717) is 18.9 Å². The molecule has 0 aliphatic heterocycles. The molecule has 0 aromatic carbocycles. The summed E-state index contributed by atoms with van der Waals surface area (Å²) >= 11 is 0. The van der Waals surface area contributed by atoms with Crippen LogP contribution in [0.3, 0.4) is 0 Å². The average molecular weight is 181 g/mol. The largest absolute Gasteiger partial charge is 0.367 e. The third-order valence-corrected chi connectivity index (χ3v) is 1.37. The summed E-state index contributed by atoms with van der Waals surface area (Å²) < 4.78 is 0. The molecule has 1 aromatic rings. The first-order valence-electron chi connectivity index (χ1n) is 3.80. The highest BCUT2D eigenvalue weighted by Gasteiger charge is 2.08. The summed E-state index contributed by atoms with van der Waals surface area (Å²) in [4.78, 5) is 18.5. The van der Waals surface area contributed by atoms with Gasteiger partial charge in [-0.15, -0.1) is 0 Å². The Balaban J connectivity index is 2.84. The van der Waals surface area contributed by atoms with Crippen LogP contribution in [-0.2, 0) is 0 Å². The number of carbonyl (C=O) groups is 1. The molecule has 1 rings (SSSR count). The molecule has 5 N–H and O–H groups in total. The second-order valence-corrected chi connectivity index (χ2v) is 2.33. The summed E-state index contributed by atoms with van der Waals surface area (Å²) in [6.45, 7) is 0.980. The highest BCUT2D eigenvalue weighted by atomic mass is 16.1. The Morgan fingerprint density at radius 2 is 2.15 bits per heavy atom. The summed E-state index contributed by atoms with van der Waals surface area (Å²) in [7, 11) is 0. The van der Waals surface area contributed by atoms with Crippen LogP contribution in [0.4, 0.5) is 5.82 Å². The Bertz CT molecular complexity index is 301. The Kier molecular flexibility index (Phi) is 3.15. The van der Waals surface area contributed by atoms with Crippen molar-refractivity contribution in [1.29, 1.82) is 0 Å². The van der Waals surface area contributed by atoms with Crippen molar-refractivity contribution in [3.8, 4) is 0 Å². The van der Waals surface area contributed by atoms with Crippen molar-refractivity contribution in [3.05, 3.63) is 18.1 Å². The number of primary amides is 1. The smallest absolute Gasteiger partial charge is 0.271 e. The number of hydrogen-bond acceptors (Lipinski definition) is 5. The number of nitrogens with zero attached hydrogens (tertiary/aromatic N) is 2. The number of hydrogen-bond donors (Lipinski definition) is 3. The summed E-state index contributed by atoms with van der Waals surface area (Å²) in [6.07, 6.45) is 2.89. The number of amides is 1. The minimum Gasteiger partial charge on any atom is -0.367 e. The van der Waals surface area contributed by atoms with Crippen LogP contribution in [0, 0.1) is 0 Å². The maximum atomic E-state index is 10.8. The molecule has 0 spiro atoms. The maximum Gasteiger partial charge on any atom is 0.271 e. The Hall–Kier alpha value is -1.69. The van der Waals surface area contributed by atoms with Crippen LogP contribution in [0.2, 0.25) is 0 Å². The lowest BCUT2D eigenvalue weighted by Gasteiger charge is -2.05. The molecule has 0 atom stereocenters. The molecule has 1 aromatic heterocycles. The van der Waals surface area contributed by atoms with Crippen LogP contribution in [0.15, 0.2) is 12.4 Å². The lowest BCUT2D eigenvalue weighted by atomic mass is 10.4. The van der Waals surface area contributed by atoms with Crippen LogP contribution in [-0.4, -0.2) is 29.0 Å². The van der Waals surface area contributed by atoms with E-state index in [9.17, 15) is 4.79 Å². The van der Waals surface area contributed by atoms with Crippen molar-refractivity contribution in [1.82, 2.24) is 9.97 Å². The van der Waals surface area contributed by atoms with Gasteiger partial charge in [0.2, 0.25) is 0 Å². The van der Waals surface area contributed by atoms with Crippen LogP contribution >= 0.6 is 0 Å². The highest BCUT2D eigenvalue weighted by Crippen LogP contribution is 2.05. The highest BCUT2D eigenvalue weighted by molar-refractivity contribution is 5.95. The number of anilines is 1. The first kappa shape index (κ1) is 9.40. The summed E-state index contributed by atoms with van der Waals surface area (Å²) in [5, 5.41) is 2.84. The molecule has 0 fully saturated rings. The Morgan fingerprint density at radius 3 is 2.77 bits per heavy atom. The molecule has 6 heteroatoms. The first-order valence-corrected chi connectivity index (χ1v) is 3.80. The molecule has 0 saturated heterocycles. The molecule has 0 bridgehead atoms. The van der Waals surface area contributed by atoms with Gasteiger partial charge in [-0.3, -0.25) is 4.79 Å². The van der Waals surface area contributed by atoms with Gasteiger partial charge in [0.05, 0.1) is 0 Å². The molecule has 0 unspecified atom stereocenters. The minimum atomic E-state index is -0.604. The van der Waals surface area contributed by atoms with E-state index in [0.717, 1.165) is 0 Å². The number of rotatable bonds is 4. The fraction of sp³-hybridized carbons (Fsp3) is 0.286. The quantitative estimate of drug-likeness (QED) is 0.549. The van der Waals surface area contributed by atoms with Crippen LogP contribution in [0.1, 0.15) is 10.5 Å². The van der Waals surface area contributed by atoms with Crippen molar-refractivity contribution in [2.24, 2.45) is 11.5 Å². The van der Waals surface area contributed by atoms with Gasteiger partial charge in [-0.05, 0) is 0 Å². The Labute approximate surface area is 75.4 Å². The number of aromatic nitrogens is 2. The third-order valence-electron chi connectivity index (χ3n) is 1.37. The van der Waals surface area contributed by atoms with Gasteiger partial charge < -0.3 is 16.8 Å². The zero-order valence-corrected chi connectivity index (χ0v) is 7.03. The van der Waals surface area contributed by atoms with Gasteiger partial charge in [0.25, 0.3) is 5.91 Å². The normalized spacial score (nSPS) is 9.62. The van der Waals surface area contributed by atoms with Gasteiger partial charge in [-0.1, -0.05) is 0 Å². The number of nitrogens with one attached hydrogen (secondary N) is 1. The van der Waals surface area contributed by atoms with E-state index in [1.165, 1.54) is 12.4 Å². The van der Waals surface area contributed by atoms with Crippen molar-refractivity contribution in [2.75, 3.05) is 18.4 Å². The van der Waals surface area contributed by atoms with Crippen LogP contribution in [0.5, 0.6) is 0 Å². The van der Waals surface area contributed by atoms with E-state index in [4.69, 9.17) is 11.5 Å². The van der Waals surface area contributed by atoms with Gasteiger partial charge in [0.15, 0.2) is 11.5 Å². The van der Waals surface area contributed by atoms with Crippen LogP contribution in [0.25, 0.3) is 0 Å². The fourth-order valence-electron chi connectivity index (χ4n) is 0.838. The minimum absolute atomic E-state index is 0.135. The van der Waals surface area contributed by atoms with E-state index in [-0.39, 0.29) is 5.69 Å². The SMILES string of the molecule is NCCNc1nccnc1C(N)=O. The first-order chi connectivity index (χ1) is 6.25. The molecule has 70 valence electrons. The predicted molar refractivity (Wildman–Crippen MR) is 48.1 cm³/mol. The van der Waals surface area contributed by atoms with E-state index >= 15 is 0 Å². The van der Waals surface area contributed by atoms with E-state index < -0.39 is 5.91 Å². The fourth-order valence-corrected chi connectivity index (χ4v) is 0.838. The molecule has 1 amide bonds. The monoisotopic (exact) mass is 181 g/mol. The second-order valence-electron chi connectivity index (χ2n) is 2.33. The maximum absolute atomic E-state index is 10.8. The van der Waals surface area contributed by atoms with Crippen molar-refractivity contribution in [2.45, 2.75) is 0 Å². The molecular formula is C7H11N5O. The topological polar surface area (TPSA) is 107 Å². The number of carbonyl (C=O) groups excluding carboxylic acids is 1. The van der Waals surface area contributed by atoms with Crippen LogP contribution < -0.4 is 16.8 Å². The van der Waals surface area contributed by atoms with E-state index in [1.807, 2.05) is 0 Å².